The number of hydrogen-bond acceptors (Lipinski definition) is 2. The van der Waals surface area contributed by atoms with E-state index < -0.39 is 0 Å². The average molecular weight is 226 g/mol. The lowest BCUT2D eigenvalue weighted by Crippen LogP contribution is -2.37. The van der Waals surface area contributed by atoms with Gasteiger partial charge in [0.05, 0.1) is 0 Å². The lowest BCUT2D eigenvalue weighted by Gasteiger charge is -2.30. The van der Waals surface area contributed by atoms with Crippen molar-refractivity contribution in [2.24, 2.45) is 11.8 Å². The second-order valence-electron chi connectivity index (χ2n) is 4.99. The van der Waals surface area contributed by atoms with E-state index in [0.29, 0.717) is 18.3 Å². The fraction of sp³-hybridized carbons (Fsp3) is 0.929. The zero-order chi connectivity index (χ0) is 12.0. The van der Waals surface area contributed by atoms with Crippen molar-refractivity contribution in [2.45, 2.75) is 65.4 Å². The second kappa shape index (κ2) is 7.05. The summed E-state index contributed by atoms with van der Waals surface area (Å²) in [6, 6.07) is 0. The van der Waals surface area contributed by atoms with Crippen LogP contribution in [0.5, 0.6) is 0 Å². The van der Waals surface area contributed by atoms with Gasteiger partial charge in [-0.15, -0.1) is 0 Å². The molecule has 0 spiro atoms. The summed E-state index contributed by atoms with van der Waals surface area (Å²) in [4.78, 5) is 12.2. The summed E-state index contributed by atoms with van der Waals surface area (Å²) >= 11 is 0. The predicted octanol–water partition coefficient (Wildman–Crippen LogP) is 3.59. The van der Waals surface area contributed by atoms with E-state index in [4.69, 9.17) is 4.74 Å². The van der Waals surface area contributed by atoms with Gasteiger partial charge in [-0.2, -0.15) is 0 Å². The highest BCUT2D eigenvalue weighted by molar-refractivity contribution is 5.85. The standard InChI is InChI=1S/C14H26O2/c1-4-11(3)13(15)14(16-5-2)12-9-7-6-8-10-12/h11-12,14H,4-10H2,1-3H3. The molecular formula is C14H26O2. The van der Waals surface area contributed by atoms with Crippen molar-refractivity contribution >= 4 is 5.78 Å². The van der Waals surface area contributed by atoms with Gasteiger partial charge in [-0.05, 0) is 32.1 Å². The Balaban J connectivity index is 2.60. The van der Waals surface area contributed by atoms with Crippen LogP contribution in [0.4, 0.5) is 0 Å². The maximum Gasteiger partial charge on any atom is 0.164 e. The SMILES string of the molecule is CCOC(C(=O)C(C)CC)C1CCCCC1. The third-order valence-electron chi connectivity index (χ3n) is 3.80. The predicted molar refractivity (Wildman–Crippen MR) is 66.5 cm³/mol. The van der Waals surface area contributed by atoms with Gasteiger partial charge in [0.15, 0.2) is 5.78 Å². The molecule has 0 aliphatic heterocycles. The first-order chi connectivity index (χ1) is 7.70. The van der Waals surface area contributed by atoms with E-state index in [1.165, 1.54) is 32.1 Å². The average Bonchev–Trinajstić information content (AvgIpc) is 2.35. The maximum atomic E-state index is 12.2. The highest BCUT2D eigenvalue weighted by atomic mass is 16.5. The van der Waals surface area contributed by atoms with Gasteiger partial charge in [-0.3, -0.25) is 4.79 Å². The van der Waals surface area contributed by atoms with Crippen LogP contribution < -0.4 is 0 Å². The van der Waals surface area contributed by atoms with Crippen LogP contribution in [0.3, 0.4) is 0 Å². The van der Waals surface area contributed by atoms with E-state index in [2.05, 4.69) is 6.92 Å². The summed E-state index contributed by atoms with van der Waals surface area (Å²) in [6.07, 6.45) is 7.01. The molecule has 0 radical (unpaired) electrons. The summed E-state index contributed by atoms with van der Waals surface area (Å²) in [7, 11) is 0. The lowest BCUT2D eigenvalue weighted by atomic mass is 9.81. The van der Waals surface area contributed by atoms with Crippen LogP contribution in [0.25, 0.3) is 0 Å². The fourth-order valence-corrected chi connectivity index (χ4v) is 2.55. The molecule has 0 aromatic carbocycles. The van der Waals surface area contributed by atoms with Crippen molar-refractivity contribution in [2.75, 3.05) is 6.61 Å². The molecule has 16 heavy (non-hydrogen) atoms. The first kappa shape index (κ1) is 13.7. The molecule has 0 aromatic rings. The number of rotatable bonds is 6. The van der Waals surface area contributed by atoms with Crippen molar-refractivity contribution < 1.29 is 9.53 Å². The molecule has 1 saturated carbocycles. The third-order valence-corrected chi connectivity index (χ3v) is 3.80. The van der Waals surface area contributed by atoms with Gasteiger partial charge in [-0.1, -0.05) is 33.1 Å². The molecule has 0 saturated heterocycles. The minimum atomic E-state index is -0.125. The normalized spacial score (nSPS) is 21.7. The minimum Gasteiger partial charge on any atom is -0.370 e. The maximum absolute atomic E-state index is 12.2. The van der Waals surface area contributed by atoms with Crippen molar-refractivity contribution in [1.82, 2.24) is 0 Å². The summed E-state index contributed by atoms with van der Waals surface area (Å²) in [5.74, 6) is 0.963. The van der Waals surface area contributed by atoms with Crippen LogP contribution in [0.15, 0.2) is 0 Å². The molecule has 2 heteroatoms. The number of carbonyl (C=O) groups excluding carboxylic acids is 1. The second-order valence-corrected chi connectivity index (χ2v) is 4.99. The molecule has 0 N–H and O–H groups in total. The number of ether oxygens (including phenoxy) is 1. The van der Waals surface area contributed by atoms with Crippen molar-refractivity contribution in [3.63, 3.8) is 0 Å². The Morgan fingerprint density at radius 2 is 1.88 bits per heavy atom. The van der Waals surface area contributed by atoms with Crippen molar-refractivity contribution in [1.29, 1.82) is 0 Å². The minimum absolute atomic E-state index is 0.125. The Bertz CT molecular complexity index is 207. The Kier molecular flexibility index (Phi) is 6.04. The molecule has 0 bridgehead atoms. The number of Topliss-reactive ketones (excluding diaryl/α,β-unsaturated/α-hetero) is 1. The van der Waals surface area contributed by atoms with E-state index >= 15 is 0 Å². The molecule has 1 fully saturated rings. The Morgan fingerprint density at radius 1 is 1.25 bits per heavy atom. The summed E-state index contributed by atoms with van der Waals surface area (Å²) in [6.45, 7) is 6.74. The zero-order valence-corrected chi connectivity index (χ0v) is 11.0. The highest BCUT2D eigenvalue weighted by Gasteiger charge is 2.31. The fourth-order valence-electron chi connectivity index (χ4n) is 2.55. The molecular weight excluding hydrogens is 200 g/mol. The van der Waals surface area contributed by atoms with Crippen molar-refractivity contribution in [3.05, 3.63) is 0 Å². The van der Waals surface area contributed by atoms with Gasteiger partial charge in [0.1, 0.15) is 6.10 Å². The summed E-state index contributed by atoms with van der Waals surface area (Å²) in [5.41, 5.74) is 0. The molecule has 0 aromatic heterocycles. The third kappa shape index (κ3) is 3.58. The number of carbonyl (C=O) groups is 1. The van der Waals surface area contributed by atoms with Gasteiger partial charge >= 0.3 is 0 Å². The van der Waals surface area contributed by atoms with E-state index in [1.54, 1.807) is 0 Å². The number of hydrogen-bond donors (Lipinski definition) is 0. The molecule has 94 valence electrons. The van der Waals surface area contributed by atoms with Crippen LogP contribution in [0.2, 0.25) is 0 Å². The van der Waals surface area contributed by atoms with E-state index in [-0.39, 0.29) is 12.0 Å². The zero-order valence-electron chi connectivity index (χ0n) is 11.0. The van der Waals surface area contributed by atoms with E-state index in [1.807, 2.05) is 13.8 Å². The van der Waals surface area contributed by atoms with Crippen LogP contribution in [0.1, 0.15) is 59.3 Å². The van der Waals surface area contributed by atoms with Gasteiger partial charge in [0.25, 0.3) is 0 Å². The smallest absolute Gasteiger partial charge is 0.164 e. The molecule has 1 aliphatic rings. The molecule has 2 unspecified atom stereocenters. The summed E-state index contributed by atoms with van der Waals surface area (Å²) < 4.78 is 5.72. The van der Waals surface area contributed by atoms with Gasteiger partial charge in [0, 0.05) is 12.5 Å². The monoisotopic (exact) mass is 226 g/mol. The van der Waals surface area contributed by atoms with Crippen LogP contribution >= 0.6 is 0 Å². The quantitative estimate of drug-likeness (QED) is 0.692. The van der Waals surface area contributed by atoms with E-state index in [9.17, 15) is 4.79 Å². The Hall–Kier alpha value is -0.370. The Labute approximate surface area is 99.8 Å². The topological polar surface area (TPSA) is 26.3 Å². The lowest BCUT2D eigenvalue weighted by molar-refractivity contribution is -0.138. The molecule has 2 atom stereocenters. The largest absolute Gasteiger partial charge is 0.370 e. The Morgan fingerprint density at radius 3 is 2.38 bits per heavy atom. The van der Waals surface area contributed by atoms with Gasteiger partial charge < -0.3 is 4.74 Å². The first-order valence-corrected chi connectivity index (χ1v) is 6.86. The molecule has 2 nitrogen and oxygen atoms in total. The van der Waals surface area contributed by atoms with Gasteiger partial charge in [0.2, 0.25) is 0 Å². The van der Waals surface area contributed by atoms with Crippen LogP contribution in [-0.2, 0) is 9.53 Å². The van der Waals surface area contributed by atoms with E-state index in [0.717, 1.165) is 6.42 Å². The molecule has 0 amide bonds. The van der Waals surface area contributed by atoms with Crippen LogP contribution in [-0.4, -0.2) is 18.5 Å². The highest BCUT2D eigenvalue weighted by Crippen LogP contribution is 2.30. The molecule has 0 heterocycles. The van der Waals surface area contributed by atoms with Crippen LogP contribution in [0, 0.1) is 11.8 Å². The molecule has 1 aliphatic carbocycles. The number of ketones is 1. The summed E-state index contributed by atoms with van der Waals surface area (Å²) in [5, 5.41) is 0. The first-order valence-electron chi connectivity index (χ1n) is 6.86. The van der Waals surface area contributed by atoms with Gasteiger partial charge in [-0.25, -0.2) is 0 Å². The van der Waals surface area contributed by atoms with Crippen molar-refractivity contribution in [3.8, 4) is 0 Å². The molecule has 1 rings (SSSR count).